The summed E-state index contributed by atoms with van der Waals surface area (Å²) in [5, 5.41) is 4.64. The number of rotatable bonds is 6. The Balaban J connectivity index is 1.34. The number of aromatic nitrogens is 2. The maximum absolute atomic E-state index is 13.3. The number of nitrogens with one attached hydrogen (secondary N) is 2. The van der Waals surface area contributed by atoms with E-state index in [0.29, 0.717) is 30.1 Å². The summed E-state index contributed by atoms with van der Waals surface area (Å²) in [7, 11) is 0. The Morgan fingerprint density at radius 2 is 2.00 bits per heavy atom. The van der Waals surface area contributed by atoms with Crippen LogP contribution in [-0.2, 0) is 12.8 Å². The third kappa shape index (κ3) is 4.63. The minimum Gasteiger partial charge on any atom is -0.361 e. The summed E-state index contributed by atoms with van der Waals surface area (Å²) in [6.07, 6.45) is 4.84. The van der Waals surface area contributed by atoms with Gasteiger partial charge in [0.2, 0.25) is 0 Å². The van der Waals surface area contributed by atoms with Crippen molar-refractivity contribution in [3.63, 3.8) is 0 Å². The first-order chi connectivity index (χ1) is 14.1. The van der Waals surface area contributed by atoms with Crippen LogP contribution in [0.15, 0.2) is 67.0 Å². The van der Waals surface area contributed by atoms with Crippen LogP contribution in [0, 0.1) is 5.82 Å². The summed E-state index contributed by atoms with van der Waals surface area (Å²) in [5.41, 5.74) is 4.26. The number of hydrogen-bond donors (Lipinski definition) is 2. The van der Waals surface area contributed by atoms with Crippen LogP contribution >= 0.6 is 11.6 Å². The fourth-order valence-corrected chi connectivity index (χ4v) is 3.48. The van der Waals surface area contributed by atoms with Crippen molar-refractivity contribution >= 4 is 28.4 Å². The van der Waals surface area contributed by atoms with E-state index < -0.39 is 0 Å². The molecule has 0 aliphatic carbocycles. The topological polar surface area (TPSA) is 57.8 Å². The molecular formula is C23H19ClFN3O. The number of pyridine rings is 1. The molecule has 2 heterocycles. The second-order valence-corrected chi connectivity index (χ2v) is 7.30. The van der Waals surface area contributed by atoms with E-state index in [0.717, 1.165) is 27.6 Å². The maximum Gasteiger partial charge on any atom is 0.269 e. The fourth-order valence-electron chi connectivity index (χ4n) is 3.30. The van der Waals surface area contributed by atoms with Crippen LogP contribution in [0.1, 0.15) is 27.2 Å². The molecule has 0 unspecified atom stereocenters. The quantitative estimate of drug-likeness (QED) is 0.476. The second-order valence-electron chi connectivity index (χ2n) is 6.87. The van der Waals surface area contributed by atoms with Gasteiger partial charge in [0, 0.05) is 34.9 Å². The number of hydrogen-bond acceptors (Lipinski definition) is 2. The van der Waals surface area contributed by atoms with E-state index in [4.69, 9.17) is 11.6 Å². The number of aromatic amines is 1. The predicted molar refractivity (Wildman–Crippen MR) is 113 cm³/mol. The molecule has 29 heavy (non-hydrogen) atoms. The molecule has 0 saturated carbocycles. The number of carbonyl (C=O) groups excluding carboxylic acids is 1. The first-order valence-electron chi connectivity index (χ1n) is 9.31. The van der Waals surface area contributed by atoms with Crippen LogP contribution in [-0.4, -0.2) is 22.4 Å². The molecule has 2 aromatic carbocycles. The lowest BCUT2D eigenvalue weighted by Gasteiger charge is -2.06. The summed E-state index contributed by atoms with van der Waals surface area (Å²) in [4.78, 5) is 19.8. The number of carbonyl (C=O) groups is 1. The number of nitrogens with zero attached hydrogens (tertiary/aromatic N) is 1. The molecule has 0 spiro atoms. The van der Waals surface area contributed by atoms with Crippen molar-refractivity contribution in [3.05, 3.63) is 100 Å². The van der Waals surface area contributed by atoms with Gasteiger partial charge in [-0.25, -0.2) is 4.39 Å². The Labute approximate surface area is 172 Å². The highest BCUT2D eigenvalue weighted by Crippen LogP contribution is 2.22. The fraction of sp³-hybridized carbons (Fsp3) is 0.130. The van der Waals surface area contributed by atoms with Crippen molar-refractivity contribution in [2.75, 3.05) is 6.54 Å². The summed E-state index contributed by atoms with van der Waals surface area (Å²) in [6, 6.07) is 15.7. The monoisotopic (exact) mass is 407 g/mol. The lowest BCUT2D eigenvalue weighted by atomic mass is 10.1. The van der Waals surface area contributed by atoms with Crippen molar-refractivity contribution in [3.8, 4) is 0 Å². The number of benzene rings is 2. The van der Waals surface area contributed by atoms with Gasteiger partial charge in [-0.1, -0.05) is 29.8 Å². The average molecular weight is 408 g/mol. The summed E-state index contributed by atoms with van der Waals surface area (Å²) in [6.45, 7) is 0.491. The molecule has 0 atom stereocenters. The summed E-state index contributed by atoms with van der Waals surface area (Å²) >= 11 is 6.07. The molecule has 2 aromatic heterocycles. The Hall–Kier alpha value is -3.18. The Morgan fingerprint density at radius 1 is 1.10 bits per heavy atom. The lowest BCUT2D eigenvalue weighted by molar-refractivity contribution is 0.0949. The van der Waals surface area contributed by atoms with E-state index in [9.17, 15) is 9.18 Å². The lowest BCUT2D eigenvalue weighted by Crippen LogP contribution is -2.26. The molecule has 0 bridgehead atoms. The molecule has 0 radical (unpaired) electrons. The largest absolute Gasteiger partial charge is 0.361 e. The number of H-pyrrole nitrogens is 1. The molecule has 4 aromatic rings. The number of halogens is 2. The van der Waals surface area contributed by atoms with Gasteiger partial charge in [-0.05, 0) is 65.9 Å². The number of amides is 1. The van der Waals surface area contributed by atoms with Crippen LogP contribution in [0.2, 0.25) is 5.02 Å². The summed E-state index contributed by atoms with van der Waals surface area (Å²) in [5.74, 6) is -0.482. The Bertz CT molecular complexity index is 1150. The van der Waals surface area contributed by atoms with E-state index in [-0.39, 0.29) is 11.7 Å². The predicted octanol–water partition coefficient (Wildman–Crippen LogP) is 4.92. The van der Waals surface area contributed by atoms with E-state index in [1.165, 1.54) is 12.1 Å². The molecule has 0 aliphatic heterocycles. The van der Waals surface area contributed by atoms with Gasteiger partial charge in [-0.15, -0.1) is 0 Å². The van der Waals surface area contributed by atoms with Crippen LogP contribution in [0.5, 0.6) is 0 Å². The van der Waals surface area contributed by atoms with Crippen LogP contribution < -0.4 is 5.32 Å². The average Bonchev–Trinajstić information content (AvgIpc) is 3.10. The Kier molecular flexibility index (Phi) is 5.58. The molecule has 4 rings (SSSR count). The minimum absolute atomic E-state index is 0.222. The van der Waals surface area contributed by atoms with Crippen LogP contribution in [0.4, 0.5) is 4.39 Å². The molecule has 1 amide bonds. The van der Waals surface area contributed by atoms with E-state index in [1.807, 2.05) is 36.5 Å². The van der Waals surface area contributed by atoms with Crippen LogP contribution in [0.25, 0.3) is 10.9 Å². The molecule has 0 aliphatic rings. The zero-order valence-corrected chi connectivity index (χ0v) is 16.3. The van der Waals surface area contributed by atoms with Gasteiger partial charge in [0.1, 0.15) is 11.5 Å². The van der Waals surface area contributed by atoms with E-state index >= 15 is 0 Å². The minimum atomic E-state index is -0.260. The summed E-state index contributed by atoms with van der Waals surface area (Å²) < 4.78 is 13.3. The van der Waals surface area contributed by atoms with E-state index in [2.05, 4.69) is 15.3 Å². The van der Waals surface area contributed by atoms with Gasteiger partial charge in [-0.3, -0.25) is 9.78 Å². The van der Waals surface area contributed by atoms with Crippen molar-refractivity contribution in [1.82, 2.24) is 15.3 Å². The van der Waals surface area contributed by atoms with Gasteiger partial charge in [0.25, 0.3) is 5.91 Å². The molecule has 4 nitrogen and oxygen atoms in total. The molecule has 0 fully saturated rings. The van der Waals surface area contributed by atoms with Gasteiger partial charge in [-0.2, -0.15) is 0 Å². The molecular weight excluding hydrogens is 389 g/mol. The zero-order chi connectivity index (χ0) is 20.2. The standard InChI is InChI=1S/C23H19ClFN3O/c24-18-5-7-21-20(12-18)17(14-28-21)8-9-26-23(29)22-6-4-16(13-27-22)10-15-2-1-3-19(25)11-15/h1-7,11-14,28H,8-10H2,(H,26,29). The highest BCUT2D eigenvalue weighted by atomic mass is 35.5. The Morgan fingerprint density at radius 3 is 2.79 bits per heavy atom. The first-order valence-corrected chi connectivity index (χ1v) is 9.69. The normalized spacial score (nSPS) is 11.0. The highest BCUT2D eigenvalue weighted by Gasteiger charge is 2.09. The maximum atomic E-state index is 13.3. The van der Waals surface area contributed by atoms with Crippen molar-refractivity contribution in [2.24, 2.45) is 0 Å². The highest BCUT2D eigenvalue weighted by molar-refractivity contribution is 6.31. The third-order valence-corrected chi connectivity index (χ3v) is 5.00. The van der Waals surface area contributed by atoms with E-state index in [1.54, 1.807) is 18.3 Å². The zero-order valence-electron chi connectivity index (χ0n) is 15.6. The van der Waals surface area contributed by atoms with Crippen molar-refractivity contribution < 1.29 is 9.18 Å². The molecule has 146 valence electrons. The van der Waals surface area contributed by atoms with Gasteiger partial charge in [0.05, 0.1) is 0 Å². The van der Waals surface area contributed by atoms with Crippen LogP contribution in [0.3, 0.4) is 0 Å². The molecule has 0 saturated heterocycles. The van der Waals surface area contributed by atoms with Crippen molar-refractivity contribution in [2.45, 2.75) is 12.8 Å². The molecule has 2 N–H and O–H groups in total. The molecule has 6 heteroatoms. The van der Waals surface area contributed by atoms with Gasteiger partial charge in [0.15, 0.2) is 0 Å². The van der Waals surface area contributed by atoms with Gasteiger partial charge >= 0.3 is 0 Å². The first kappa shape index (κ1) is 19.2. The smallest absolute Gasteiger partial charge is 0.269 e. The SMILES string of the molecule is O=C(NCCc1c[nH]c2ccc(Cl)cc12)c1ccc(Cc2cccc(F)c2)cn1. The second kappa shape index (κ2) is 8.45. The number of fused-ring (bicyclic) bond motifs is 1. The van der Waals surface area contributed by atoms with Crippen molar-refractivity contribution in [1.29, 1.82) is 0 Å². The van der Waals surface area contributed by atoms with Gasteiger partial charge < -0.3 is 10.3 Å². The third-order valence-electron chi connectivity index (χ3n) is 4.76.